The molecule has 1 saturated heterocycles. The van der Waals surface area contributed by atoms with Crippen LogP contribution in [0.25, 0.3) is 0 Å². The van der Waals surface area contributed by atoms with Crippen molar-refractivity contribution >= 4 is 33.4 Å². The third kappa shape index (κ3) is 4.59. The quantitative estimate of drug-likeness (QED) is 0.603. The van der Waals surface area contributed by atoms with E-state index in [1.165, 1.54) is 35.2 Å². The molecule has 154 valence electrons. The van der Waals surface area contributed by atoms with Crippen molar-refractivity contribution in [1.82, 2.24) is 4.31 Å². The van der Waals surface area contributed by atoms with Gasteiger partial charge in [-0.15, -0.1) is 0 Å². The fourth-order valence-electron chi connectivity index (χ4n) is 2.98. The number of sulfonamides is 1. The van der Waals surface area contributed by atoms with Crippen molar-refractivity contribution in [2.24, 2.45) is 5.92 Å². The number of amides is 1. The lowest BCUT2D eigenvalue weighted by Crippen LogP contribution is -2.31. The number of ether oxygens (including phenoxy) is 1. The Labute approximate surface area is 165 Å². The molecule has 1 aromatic carbocycles. The molecule has 0 N–H and O–H groups in total. The molecule has 1 amide bonds. The summed E-state index contributed by atoms with van der Waals surface area (Å²) in [7, 11) is -3.58. The Bertz CT molecular complexity index is 846. The molecular formula is C19H26N2O6S. The van der Waals surface area contributed by atoms with Crippen molar-refractivity contribution in [2.45, 2.75) is 45.1 Å². The summed E-state index contributed by atoms with van der Waals surface area (Å²) >= 11 is 0. The van der Waals surface area contributed by atoms with Crippen LogP contribution in [-0.4, -0.2) is 56.1 Å². The van der Waals surface area contributed by atoms with Crippen molar-refractivity contribution in [1.29, 1.82) is 0 Å². The lowest BCUT2D eigenvalue weighted by molar-refractivity contribution is -0.157. The maximum atomic E-state index is 12.5. The maximum Gasteiger partial charge on any atom is 0.311 e. The van der Waals surface area contributed by atoms with Crippen LogP contribution in [0.3, 0.4) is 0 Å². The van der Waals surface area contributed by atoms with Crippen LogP contribution in [0.15, 0.2) is 29.2 Å². The first kappa shape index (κ1) is 22.0. The first-order valence-corrected chi connectivity index (χ1v) is 10.7. The number of rotatable bonds is 8. The summed E-state index contributed by atoms with van der Waals surface area (Å²) in [6.07, 6.45) is -0.857. The Balaban J connectivity index is 2.13. The minimum Gasteiger partial charge on any atom is -0.454 e. The molecule has 0 bridgehead atoms. The summed E-state index contributed by atoms with van der Waals surface area (Å²) in [6, 6.07) is 6.03. The molecule has 0 unspecified atom stereocenters. The Morgan fingerprint density at radius 3 is 2.29 bits per heavy atom. The van der Waals surface area contributed by atoms with Gasteiger partial charge in [-0.3, -0.25) is 14.4 Å². The molecule has 9 heteroatoms. The number of Topliss-reactive ketones (excluding diaryl/α,β-unsaturated/α-hetero) is 1. The lowest BCUT2D eigenvalue weighted by atomic mass is 10.1. The highest BCUT2D eigenvalue weighted by molar-refractivity contribution is 7.89. The van der Waals surface area contributed by atoms with E-state index in [4.69, 9.17) is 4.74 Å². The molecule has 0 aliphatic carbocycles. The largest absolute Gasteiger partial charge is 0.454 e. The Morgan fingerprint density at radius 1 is 1.21 bits per heavy atom. The number of hydrogen-bond acceptors (Lipinski definition) is 6. The first-order valence-electron chi connectivity index (χ1n) is 9.23. The van der Waals surface area contributed by atoms with E-state index in [1.807, 2.05) is 0 Å². The lowest BCUT2D eigenvalue weighted by Gasteiger charge is -2.20. The van der Waals surface area contributed by atoms with E-state index in [-0.39, 0.29) is 29.6 Å². The molecule has 1 aromatic rings. The zero-order chi connectivity index (χ0) is 21.1. The van der Waals surface area contributed by atoms with E-state index in [0.29, 0.717) is 18.8 Å². The molecule has 28 heavy (non-hydrogen) atoms. The molecule has 0 radical (unpaired) electrons. The minimum absolute atomic E-state index is 0.0110. The topological polar surface area (TPSA) is 101 Å². The number of esters is 1. The Kier molecular flexibility index (Phi) is 6.95. The van der Waals surface area contributed by atoms with E-state index in [0.717, 1.165) is 0 Å². The van der Waals surface area contributed by atoms with Crippen molar-refractivity contribution in [2.75, 3.05) is 24.5 Å². The number of ketones is 1. The zero-order valence-electron chi connectivity index (χ0n) is 16.5. The monoisotopic (exact) mass is 410 g/mol. The van der Waals surface area contributed by atoms with Gasteiger partial charge in [-0.1, -0.05) is 13.8 Å². The number of carbonyl (C=O) groups is 3. The van der Waals surface area contributed by atoms with Gasteiger partial charge in [-0.05, 0) is 38.1 Å². The van der Waals surface area contributed by atoms with Gasteiger partial charge in [0, 0.05) is 31.7 Å². The molecule has 1 fully saturated rings. The van der Waals surface area contributed by atoms with Gasteiger partial charge in [-0.25, -0.2) is 8.42 Å². The second-order valence-corrected chi connectivity index (χ2v) is 8.62. The van der Waals surface area contributed by atoms with Gasteiger partial charge in [0.2, 0.25) is 15.9 Å². The third-order valence-electron chi connectivity index (χ3n) is 4.82. The fraction of sp³-hybridized carbons (Fsp3) is 0.526. The highest BCUT2D eigenvalue weighted by Crippen LogP contribution is 2.28. The first-order chi connectivity index (χ1) is 13.1. The maximum absolute atomic E-state index is 12.5. The number of hydrogen-bond donors (Lipinski definition) is 0. The molecule has 1 aliphatic heterocycles. The van der Waals surface area contributed by atoms with Crippen molar-refractivity contribution in [3.05, 3.63) is 24.3 Å². The minimum atomic E-state index is -3.58. The molecule has 8 nitrogen and oxygen atoms in total. The summed E-state index contributed by atoms with van der Waals surface area (Å²) in [6.45, 7) is 7.22. The molecule has 2 atom stereocenters. The summed E-state index contributed by atoms with van der Waals surface area (Å²) in [5, 5.41) is 0. The van der Waals surface area contributed by atoms with Crippen LogP contribution < -0.4 is 4.90 Å². The van der Waals surface area contributed by atoms with Crippen LogP contribution in [0.2, 0.25) is 0 Å². The fourth-order valence-corrected chi connectivity index (χ4v) is 4.44. The van der Waals surface area contributed by atoms with Gasteiger partial charge in [0.1, 0.15) is 0 Å². The molecular weight excluding hydrogens is 384 g/mol. The molecule has 0 saturated carbocycles. The van der Waals surface area contributed by atoms with Gasteiger partial charge in [0.05, 0.1) is 10.8 Å². The van der Waals surface area contributed by atoms with Gasteiger partial charge in [-0.2, -0.15) is 4.31 Å². The normalized spacial score (nSPS) is 18.4. The van der Waals surface area contributed by atoms with Crippen LogP contribution in [0.4, 0.5) is 5.69 Å². The van der Waals surface area contributed by atoms with Crippen LogP contribution in [0, 0.1) is 5.92 Å². The Morgan fingerprint density at radius 2 is 1.79 bits per heavy atom. The highest BCUT2D eigenvalue weighted by Gasteiger charge is 2.37. The second kappa shape index (κ2) is 8.83. The molecule has 0 aromatic heterocycles. The SMILES string of the molecule is CCN(CC)S(=O)(=O)c1ccc(N2C[C@@H](C(=O)O[C@H](C)C(C)=O)CC2=O)cc1. The van der Waals surface area contributed by atoms with Crippen molar-refractivity contribution in [3.63, 3.8) is 0 Å². The summed E-state index contributed by atoms with van der Waals surface area (Å²) in [5.41, 5.74) is 0.512. The number of nitrogens with zero attached hydrogens (tertiary/aromatic N) is 2. The summed E-state index contributed by atoms with van der Waals surface area (Å²) < 4.78 is 31.5. The van der Waals surface area contributed by atoms with Crippen LogP contribution in [0.1, 0.15) is 34.1 Å². The third-order valence-corrected chi connectivity index (χ3v) is 6.88. The Hall–Kier alpha value is -2.26. The van der Waals surface area contributed by atoms with E-state index in [2.05, 4.69) is 0 Å². The molecule has 1 aliphatic rings. The highest BCUT2D eigenvalue weighted by atomic mass is 32.2. The van der Waals surface area contributed by atoms with Crippen LogP contribution in [-0.2, 0) is 29.1 Å². The van der Waals surface area contributed by atoms with Gasteiger partial charge in [0.15, 0.2) is 11.9 Å². The van der Waals surface area contributed by atoms with Gasteiger partial charge in [0.25, 0.3) is 0 Å². The standard InChI is InChI=1S/C19H26N2O6S/c1-5-20(6-2)28(25,26)17-9-7-16(8-10-17)21-12-15(11-18(21)23)19(24)27-14(4)13(3)22/h7-10,14-15H,5-6,11-12H2,1-4H3/t14-,15+/m1/s1. The van der Waals surface area contributed by atoms with E-state index < -0.39 is 28.0 Å². The summed E-state index contributed by atoms with van der Waals surface area (Å²) in [4.78, 5) is 37.3. The van der Waals surface area contributed by atoms with Gasteiger partial charge < -0.3 is 9.64 Å². The molecule has 0 spiro atoms. The van der Waals surface area contributed by atoms with Gasteiger partial charge >= 0.3 is 5.97 Å². The van der Waals surface area contributed by atoms with Crippen molar-refractivity contribution < 1.29 is 27.5 Å². The van der Waals surface area contributed by atoms with E-state index in [1.54, 1.807) is 26.0 Å². The molecule has 2 rings (SSSR count). The molecule has 1 heterocycles. The predicted octanol–water partition coefficient (Wildman–Crippen LogP) is 1.59. The number of anilines is 1. The van der Waals surface area contributed by atoms with Crippen LogP contribution in [0.5, 0.6) is 0 Å². The smallest absolute Gasteiger partial charge is 0.311 e. The predicted molar refractivity (Wildman–Crippen MR) is 103 cm³/mol. The number of carbonyl (C=O) groups excluding carboxylic acids is 3. The average molecular weight is 410 g/mol. The summed E-state index contributed by atoms with van der Waals surface area (Å²) in [5.74, 6) is -1.76. The average Bonchev–Trinajstić information content (AvgIpc) is 3.04. The van der Waals surface area contributed by atoms with E-state index in [9.17, 15) is 22.8 Å². The second-order valence-electron chi connectivity index (χ2n) is 6.68. The van der Waals surface area contributed by atoms with Crippen LogP contribution >= 0.6 is 0 Å². The number of benzene rings is 1. The van der Waals surface area contributed by atoms with Crippen molar-refractivity contribution in [3.8, 4) is 0 Å². The van der Waals surface area contributed by atoms with E-state index >= 15 is 0 Å². The zero-order valence-corrected chi connectivity index (χ0v) is 17.4.